The van der Waals surface area contributed by atoms with Gasteiger partial charge in [0.25, 0.3) is 0 Å². The molecule has 0 radical (unpaired) electrons. The molecule has 98 valence electrons. The molecule has 19 heavy (non-hydrogen) atoms. The topological polar surface area (TPSA) is 29.3 Å². The van der Waals surface area contributed by atoms with Gasteiger partial charge < -0.3 is 5.73 Å². The van der Waals surface area contributed by atoms with Crippen LogP contribution in [0.3, 0.4) is 0 Å². The Bertz CT molecular complexity index is 595. The number of nitrogen functional groups attached to an aromatic ring is 1. The summed E-state index contributed by atoms with van der Waals surface area (Å²) in [6, 6.07) is 14.4. The second-order valence-electron chi connectivity index (χ2n) is 5.08. The summed E-state index contributed by atoms with van der Waals surface area (Å²) in [5, 5.41) is 0.763. The monoisotopic (exact) mass is 272 g/mol. The predicted molar refractivity (Wildman–Crippen MR) is 80.1 cm³/mol. The zero-order valence-corrected chi connectivity index (χ0v) is 11.5. The molecule has 1 heterocycles. The zero-order valence-electron chi connectivity index (χ0n) is 10.8. The fourth-order valence-corrected chi connectivity index (χ4v) is 2.87. The summed E-state index contributed by atoms with van der Waals surface area (Å²) in [4.78, 5) is 2.43. The lowest BCUT2D eigenvalue weighted by atomic mass is 9.99. The Kier molecular flexibility index (Phi) is 3.45. The summed E-state index contributed by atoms with van der Waals surface area (Å²) in [7, 11) is 0. The van der Waals surface area contributed by atoms with E-state index in [1.807, 2.05) is 18.2 Å². The maximum Gasteiger partial charge on any atom is 0.0471 e. The van der Waals surface area contributed by atoms with Crippen molar-refractivity contribution in [3.63, 3.8) is 0 Å². The molecule has 3 heteroatoms. The number of fused-ring (bicyclic) bond motifs is 1. The molecule has 0 atom stereocenters. The van der Waals surface area contributed by atoms with E-state index in [2.05, 4.69) is 29.2 Å². The molecule has 1 aliphatic rings. The minimum atomic E-state index is 0.720. The standard InChI is InChI=1S/C16H17ClN2/c17-16-9-15(18)6-5-14(16)11-19-8-7-12-3-1-2-4-13(12)10-19/h1-6,9H,7-8,10-11,18H2. The second kappa shape index (κ2) is 5.24. The Labute approximate surface area is 118 Å². The lowest BCUT2D eigenvalue weighted by molar-refractivity contribution is 0.245. The smallest absolute Gasteiger partial charge is 0.0471 e. The van der Waals surface area contributed by atoms with Crippen LogP contribution in [0.25, 0.3) is 0 Å². The Morgan fingerprint density at radius 3 is 2.68 bits per heavy atom. The van der Waals surface area contributed by atoms with Crippen LogP contribution < -0.4 is 5.73 Å². The van der Waals surface area contributed by atoms with Crippen LogP contribution in [0.15, 0.2) is 42.5 Å². The Morgan fingerprint density at radius 1 is 1.11 bits per heavy atom. The van der Waals surface area contributed by atoms with Gasteiger partial charge in [0.2, 0.25) is 0 Å². The van der Waals surface area contributed by atoms with Gasteiger partial charge in [0, 0.05) is 30.3 Å². The third kappa shape index (κ3) is 2.75. The molecule has 0 saturated heterocycles. The SMILES string of the molecule is Nc1ccc(CN2CCc3ccccc3C2)c(Cl)c1. The van der Waals surface area contributed by atoms with Crippen LogP contribution in [-0.2, 0) is 19.5 Å². The summed E-state index contributed by atoms with van der Waals surface area (Å²) < 4.78 is 0. The van der Waals surface area contributed by atoms with Gasteiger partial charge in [-0.05, 0) is 35.2 Å². The first-order valence-electron chi connectivity index (χ1n) is 6.55. The minimum absolute atomic E-state index is 0.720. The molecule has 2 aromatic carbocycles. The van der Waals surface area contributed by atoms with Crippen molar-refractivity contribution in [2.24, 2.45) is 0 Å². The number of nitrogens with two attached hydrogens (primary N) is 1. The van der Waals surface area contributed by atoms with E-state index >= 15 is 0 Å². The second-order valence-corrected chi connectivity index (χ2v) is 5.49. The van der Waals surface area contributed by atoms with Crippen LogP contribution in [0, 0.1) is 0 Å². The lowest BCUT2D eigenvalue weighted by Gasteiger charge is -2.29. The number of halogens is 1. The number of hydrogen-bond acceptors (Lipinski definition) is 2. The van der Waals surface area contributed by atoms with Gasteiger partial charge in [0.15, 0.2) is 0 Å². The molecule has 0 bridgehead atoms. The average molecular weight is 273 g/mol. The van der Waals surface area contributed by atoms with Gasteiger partial charge in [-0.2, -0.15) is 0 Å². The van der Waals surface area contributed by atoms with E-state index < -0.39 is 0 Å². The van der Waals surface area contributed by atoms with E-state index in [0.29, 0.717) is 0 Å². The Morgan fingerprint density at radius 2 is 1.89 bits per heavy atom. The highest BCUT2D eigenvalue weighted by atomic mass is 35.5. The number of anilines is 1. The maximum absolute atomic E-state index is 6.24. The van der Waals surface area contributed by atoms with E-state index in [1.54, 1.807) is 0 Å². The highest BCUT2D eigenvalue weighted by molar-refractivity contribution is 6.31. The van der Waals surface area contributed by atoms with E-state index in [4.69, 9.17) is 17.3 Å². The van der Waals surface area contributed by atoms with E-state index in [9.17, 15) is 0 Å². The first kappa shape index (κ1) is 12.5. The summed E-state index contributed by atoms with van der Waals surface area (Å²) in [5.74, 6) is 0. The summed E-state index contributed by atoms with van der Waals surface area (Å²) in [5.41, 5.74) is 10.5. The van der Waals surface area contributed by atoms with Gasteiger partial charge in [-0.15, -0.1) is 0 Å². The number of rotatable bonds is 2. The molecule has 1 aliphatic heterocycles. The van der Waals surface area contributed by atoms with Gasteiger partial charge in [-0.3, -0.25) is 4.90 Å². The van der Waals surface area contributed by atoms with E-state index in [1.165, 1.54) is 11.1 Å². The first-order valence-corrected chi connectivity index (χ1v) is 6.93. The van der Waals surface area contributed by atoms with Crippen molar-refractivity contribution >= 4 is 17.3 Å². The van der Waals surface area contributed by atoms with Gasteiger partial charge in [-0.1, -0.05) is 41.9 Å². The van der Waals surface area contributed by atoms with Crippen molar-refractivity contribution < 1.29 is 0 Å². The molecule has 0 amide bonds. The molecule has 0 unspecified atom stereocenters. The van der Waals surface area contributed by atoms with E-state index in [0.717, 1.165) is 42.3 Å². The fourth-order valence-electron chi connectivity index (χ4n) is 2.62. The van der Waals surface area contributed by atoms with Gasteiger partial charge in [-0.25, -0.2) is 0 Å². The molecule has 0 aromatic heterocycles. The number of benzene rings is 2. The molecule has 2 N–H and O–H groups in total. The number of hydrogen-bond donors (Lipinski definition) is 1. The van der Waals surface area contributed by atoms with Crippen LogP contribution in [-0.4, -0.2) is 11.4 Å². The fraction of sp³-hybridized carbons (Fsp3) is 0.250. The van der Waals surface area contributed by atoms with Crippen LogP contribution in [0.2, 0.25) is 5.02 Å². The summed E-state index contributed by atoms with van der Waals surface area (Å²) in [6.45, 7) is 2.96. The highest BCUT2D eigenvalue weighted by Gasteiger charge is 2.16. The molecule has 0 spiro atoms. The molecule has 3 rings (SSSR count). The largest absolute Gasteiger partial charge is 0.399 e. The van der Waals surface area contributed by atoms with E-state index in [-0.39, 0.29) is 0 Å². The van der Waals surface area contributed by atoms with Crippen LogP contribution in [0.5, 0.6) is 0 Å². The molecule has 0 aliphatic carbocycles. The predicted octanol–water partition coefficient (Wildman–Crippen LogP) is 3.48. The molecular weight excluding hydrogens is 256 g/mol. The molecule has 0 fully saturated rings. The third-order valence-electron chi connectivity index (χ3n) is 3.68. The zero-order chi connectivity index (χ0) is 13.2. The van der Waals surface area contributed by atoms with Crippen molar-refractivity contribution in [2.45, 2.75) is 19.5 Å². The molecule has 0 saturated carbocycles. The van der Waals surface area contributed by atoms with Gasteiger partial charge in [0.05, 0.1) is 0 Å². The van der Waals surface area contributed by atoms with Crippen molar-refractivity contribution in [1.29, 1.82) is 0 Å². The Hall–Kier alpha value is -1.51. The average Bonchev–Trinajstić information content (AvgIpc) is 2.42. The first-order chi connectivity index (χ1) is 9.22. The quantitative estimate of drug-likeness (QED) is 0.848. The normalized spacial score (nSPS) is 15.2. The third-order valence-corrected chi connectivity index (χ3v) is 4.03. The van der Waals surface area contributed by atoms with Crippen LogP contribution in [0.4, 0.5) is 5.69 Å². The minimum Gasteiger partial charge on any atom is -0.399 e. The molecule has 2 aromatic rings. The molecule has 2 nitrogen and oxygen atoms in total. The van der Waals surface area contributed by atoms with Crippen molar-refractivity contribution in [3.05, 3.63) is 64.2 Å². The van der Waals surface area contributed by atoms with Crippen molar-refractivity contribution in [3.8, 4) is 0 Å². The van der Waals surface area contributed by atoms with Gasteiger partial charge >= 0.3 is 0 Å². The Balaban J connectivity index is 1.75. The van der Waals surface area contributed by atoms with Crippen molar-refractivity contribution in [1.82, 2.24) is 4.90 Å². The van der Waals surface area contributed by atoms with Gasteiger partial charge in [0.1, 0.15) is 0 Å². The summed E-state index contributed by atoms with van der Waals surface area (Å²) in [6.07, 6.45) is 1.11. The maximum atomic E-state index is 6.24. The van der Waals surface area contributed by atoms with Crippen LogP contribution in [0.1, 0.15) is 16.7 Å². The van der Waals surface area contributed by atoms with Crippen molar-refractivity contribution in [2.75, 3.05) is 12.3 Å². The lowest BCUT2D eigenvalue weighted by Crippen LogP contribution is -2.30. The highest BCUT2D eigenvalue weighted by Crippen LogP contribution is 2.24. The summed E-state index contributed by atoms with van der Waals surface area (Å²) >= 11 is 6.24. The molecular formula is C16H17ClN2. The van der Waals surface area contributed by atoms with Crippen LogP contribution >= 0.6 is 11.6 Å². The number of nitrogens with zero attached hydrogens (tertiary/aromatic N) is 1.